The maximum absolute atomic E-state index is 4.71. The highest BCUT2D eigenvalue weighted by molar-refractivity contribution is 5.57. The lowest BCUT2D eigenvalue weighted by atomic mass is 9.90. The summed E-state index contributed by atoms with van der Waals surface area (Å²) in [6, 6.07) is 0. The lowest BCUT2D eigenvalue weighted by Crippen LogP contribution is -2.12. The minimum Gasteiger partial charge on any atom is -0.257 e. The smallest absolute Gasteiger partial charge is 0.0699 e. The lowest BCUT2D eigenvalue weighted by Gasteiger charge is -2.14. The monoisotopic (exact) mass is 240 g/mol. The molecule has 1 fully saturated rings. The molecule has 0 radical (unpaired) electrons. The highest BCUT2D eigenvalue weighted by atomic mass is 14.9. The molecule has 94 valence electrons. The molecule has 1 aromatic heterocycles. The van der Waals surface area contributed by atoms with E-state index >= 15 is 0 Å². The average Bonchev–Trinajstić information content (AvgIpc) is 2.75. The summed E-state index contributed by atoms with van der Waals surface area (Å²) in [5.41, 5.74) is 4.69. The van der Waals surface area contributed by atoms with Gasteiger partial charge >= 0.3 is 0 Å². The lowest BCUT2D eigenvalue weighted by molar-refractivity contribution is 0.529. The number of fused-ring (bicyclic) bond motifs is 4. The maximum Gasteiger partial charge on any atom is 0.0699 e. The van der Waals surface area contributed by atoms with Crippen LogP contribution >= 0.6 is 0 Å². The minimum atomic E-state index is 0.389. The second-order valence-electron chi connectivity index (χ2n) is 6.10. The molecule has 2 nitrogen and oxygen atoms in total. The molecule has 2 heteroatoms. The molecule has 0 spiro atoms. The molecule has 1 aromatic rings. The van der Waals surface area contributed by atoms with Crippen LogP contribution in [-0.2, 0) is 5.41 Å². The van der Waals surface area contributed by atoms with Crippen LogP contribution in [0.5, 0.6) is 0 Å². The molecular weight excluding hydrogens is 220 g/mol. The second kappa shape index (κ2) is 3.43. The standard InChI is InChI=1S/C16H20N2/c1-3-5-10-9-11-13-12(10)14-15(18-8-7-17-14)16(11,13)6-4-2/h7-9,11-13H,3-6H2,1-2H3. The first-order valence-corrected chi connectivity index (χ1v) is 7.36. The van der Waals surface area contributed by atoms with E-state index in [0.717, 1.165) is 11.8 Å². The number of hydrogen-bond donors (Lipinski definition) is 0. The van der Waals surface area contributed by atoms with Crippen LogP contribution < -0.4 is 0 Å². The van der Waals surface area contributed by atoms with E-state index in [2.05, 4.69) is 24.9 Å². The van der Waals surface area contributed by atoms with Crippen molar-refractivity contribution in [3.8, 4) is 0 Å². The molecular formula is C16H20N2. The van der Waals surface area contributed by atoms with Gasteiger partial charge in [-0.3, -0.25) is 9.97 Å². The van der Waals surface area contributed by atoms with Gasteiger partial charge in [-0.15, -0.1) is 0 Å². The van der Waals surface area contributed by atoms with E-state index in [1.807, 2.05) is 12.4 Å². The summed E-state index contributed by atoms with van der Waals surface area (Å²) >= 11 is 0. The first-order chi connectivity index (χ1) is 8.84. The van der Waals surface area contributed by atoms with E-state index in [4.69, 9.17) is 4.98 Å². The van der Waals surface area contributed by atoms with Crippen molar-refractivity contribution in [2.75, 3.05) is 0 Å². The van der Waals surface area contributed by atoms with E-state index in [9.17, 15) is 0 Å². The Bertz CT molecular complexity index is 534. The highest BCUT2D eigenvalue weighted by Gasteiger charge is 2.75. The first kappa shape index (κ1) is 10.7. The zero-order chi connectivity index (χ0) is 12.3. The molecule has 0 N–H and O–H groups in total. The summed E-state index contributed by atoms with van der Waals surface area (Å²) in [5, 5.41) is 0. The summed E-state index contributed by atoms with van der Waals surface area (Å²) in [4.78, 5) is 9.39. The van der Waals surface area contributed by atoms with Crippen LogP contribution in [0.15, 0.2) is 24.0 Å². The zero-order valence-corrected chi connectivity index (χ0v) is 11.2. The summed E-state index contributed by atoms with van der Waals surface area (Å²) in [5.74, 6) is 2.22. The Morgan fingerprint density at radius 1 is 1.17 bits per heavy atom. The van der Waals surface area contributed by atoms with Gasteiger partial charge in [0.15, 0.2) is 0 Å². The Kier molecular flexibility index (Phi) is 2.04. The van der Waals surface area contributed by atoms with E-state index in [-0.39, 0.29) is 0 Å². The molecule has 4 unspecified atom stereocenters. The minimum absolute atomic E-state index is 0.389. The normalized spacial score (nSPS) is 38.3. The SMILES string of the molecule is CCCC1=CC2C3C1c1nccnc1C23CCC. The van der Waals surface area contributed by atoms with Crippen LogP contribution in [-0.4, -0.2) is 9.97 Å². The summed E-state index contributed by atoms with van der Waals surface area (Å²) < 4.78 is 0. The highest BCUT2D eigenvalue weighted by Crippen LogP contribution is 2.78. The fourth-order valence-corrected chi connectivity index (χ4v) is 4.81. The van der Waals surface area contributed by atoms with Crippen molar-refractivity contribution in [1.82, 2.24) is 9.97 Å². The topological polar surface area (TPSA) is 25.8 Å². The van der Waals surface area contributed by atoms with Gasteiger partial charge in [-0.1, -0.05) is 38.3 Å². The van der Waals surface area contributed by atoms with Crippen molar-refractivity contribution < 1.29 is 0 Å². The summed E-state index contributed by atoms with van der Waals surface area (Å²) in [6.07, 6.45) is 11.4. The van der Waals surface area contributed by atoms with E-state index in [1.165, 1.54) is 37.1 Å². The number of allylic oxidation sites excluding steroid dienone is 2. The summed E-state index contributed by atoms with van der Waals surface area (Å²) in [6.45, 7) is 4.57. The van der Waals surface area contributed by atoms with Crippen LogP contribution in [0.3, 0.4) is 0 Å². The first-order valence-electron chi connectivity index (χ1n) is 7.36. The van der Waals surface area contributed by atoms with Gasteiger partial charge in [0.05, 0.1) is 11.4 Å². The third-order valence-electron chi connectivity index (χ3n) is 5.28. The molecule has 4 rings (SSSR count). The maximum atomic E-state index is 4.71. The molecule has 0 aromatic carbocycles. The van der Waals surface area contributed by atoms with Crippen molar-refractivity contribution in [3.05, 3.63) is 35.4 Å². The van der Waals surface area contributed by atoms with Gasteiger partial charge in [-0.25, -0.2) is 0 Å². The molecule has 4 atom stereocenters. The second-order valence-corrected chi connectivity index (χ2v) is 6.10. The largest absolute Gasteiger partial charge is 0.257 e. The van der Waals surface area contributed by atoms with E-state index < -0.39 is 0 Å². The Balaban J connectivity index is 1.83. The fourth-order valence-electron chi connectivity index (χ4n) is 4.81. The molecule has 0 aliphatic heterocycles. The van der Waals surface area contributed by atoms with Gasteiger partial charge in [0.25, 0.3) is 0 Å². The Hall–Kier alpha value is -1.18. The van der Waals surface area contributed by atoms with Gasteiger partial charge < -0.3 is 0 Å². The molecule has 1 saturated carbocycles. The van der Waals surface area contributed by atoms with Crippen LogP contribution in [0.4, 0.5) is 0 Å². The van der Waals surface area contributed by atoms with Crippen molar-refractivity contribution >= 4 is 0 Å². The van der Waals surface area contributed by atoms with Crippen LogP contribution in [0.1, 0.15) is 56.8 Å². The molecule has 0 bridgehead atoms. The van der Waals surface area contributed by atoms with Crippen LogP contribution in [0.25, 0.3) is 0 Å². The Morgan fingerprint density at radius 3 is 2.78 bits per heavy atom. The quantitative estimate of drug-likeness (QED) is 0.751. The van der Waals surface area contributed by atoms with Crippen LogP contribution in [0, 0.1) is 11.8 Å². The van der Waals surface area contributed by atoms with E-state index in [0.29, 0.717) is 11.3 Å². The molecule has 18 heavy (non-hydrogen) atoms. The third kappa shape index (κ3) is 1.01. The Morgan fingerprint density at radius 2 is 2.00 bits per heavy atom. The number of hydrogen-bond acceptors (Lipinski definition) is 2. The van der Waals surface area contributed by atoms with Crippen molar-refractivity contribution in [3.63, 3.8) is 0 Å². The average molecular weight is 240 g/mol. The molecule has 1 heterocycles. The summed E-state index contributed by atoms with van der Waals surface area (Å²) in [7, 11) is 0. The molecule has 3 aliphatic rings. The van der Waals surface area contributed by atoms with Crippen LogP contribution in [0.2, 0.25) is 0 Å². The molecule has 0 saturated heterocycles. The van der Waals surface area contributed by atoms with Gasteiger partial charge in [-0.2, -0.15) is 0 Å². The van der Waals surface area contributed by atoms with Crippen molar-refractivity contribution in [2.24, 2.45) is 11.8 Å². The third-order valence-corrected chi connectivity index (χ3v) is 5.28. The van der Waals surface area contributed by atoms with E-state index in [1.54, 1.807) is 5.57 Å². The van der Waals surface area contributed by atoms with Crippen molar-refractivity contribution in [2.45, 2.75) is 50.9 Å². The predicted octanol–water partition coefficient (Wildman–Crippen LogP) is 3.60. The van der Waals surface area contributed by atoms with Crippen molar-refractivity contribution in [1.29, 1.82) is 0 Å². The van der Waals surface area contributed by atoms with Gasteiger partial charge in [0.1, 0.15) is 0 Å². The number of nitrogens with zero attached hydrogens (tertiary/aromatic N) is 2. The Labute approximate surface area is 109 Å². The molecule has 0 amide bonds. The van der Waals surface area contributed by atoms with Gasteiger partial charge in [0.2, 0.25) is 0 Å². The molecule has 3 aliphatic carbocycles. The van der Waals surface area contributed by atoms with Gasteiger partial charge in [-0.05, 0) is 24.7 Å². The fraction of sp³-hybridized carbons (Fsp3) is 0.625. The zero-order valence-electron chi connectivity index (χ0n) is 11.2. The number of rotatable bonds is 4. The number of aromatic nitrogens is 2. The predicted molar refractivity (Wildman–Crippen MR) is 71.3 cm³/mol. The van der Waals surface area contributed by atoms with Gasteiger partial charge in [0, 0.05) is 23.7 Å².